The molecule has 2 aromatic rings. The predicted molar refractivity (Wildman–Crippen MR) is 106 cm³/mol. The first kappa shape index (κ1) is 20.5. The van der Waals surface area contributed by atoms with E-state index in [0.29, 0.717) is 17.5 Å². The third kappa shape index (κ3) is 4.88. The van der Waals surface area contributed by atoms with Crippen molar-refractivity contribution in [2.24, 2.45) is 0 Å². The summed E-state index contributed by atoms with van der Waals surface area (Å²) in [5.41, 5.74) is 7.19. The van der Waals surface area contributed by atoms with Crippen molar-refractivity contribution in [3.05, 3.63) is 58.7 Å². The summed E-state index contributed by atoms with van der Waals surface area (Å²) >= 11 is 0. The van der Waals surface area contributed by atoms with Gasteiger partial charge in [0, 0.05) is 5.56 Å². The van der Waals surface area contributed by atoms with Crippen molar-refractivity contribution >= 4 is 17.4 Å². The Balaban J connectivity index is 2.56. The number of esters is 1. The molecule has 0 aliphatic rings. The molecule has 0 aromatic heterocycles. The highest BCUT2D eigenvalue weighted by atomic mass is 16.5. The van der Waals surface area contributed by atoms with Crippen LogP contribution in [0.5, 0.6) is 5.75 Å². The first-order valence-corrected chi connectivity index (χ1v) is 9.42. The summed E-state index contributed by atoms with van der Waals surface area (Å²) < 4.78 is 5.14. The SMILES string of the molecule is CCCCCCc1c(C(=O)OCC)cc(N)c(O)c1C(=O)c1ccccc1. The van der Waals surface area contributed by atoms with Crippen molar-refractivity contribution in [3.8, 4) is 5.75 Å². The van der Waals surface area contributed by atoms with E-state index < -0.39 is 5.97 Å². The molecule has 3 N–H and O–H groups in total. The Morgan fingerprint density at radius 2 is 1.78 bits per heavy atom. The summed E-state index contributed by atoms with van der Waals surface area (Å²) in [6.45, 7) is 4.05. The van der Waals surface area contributed by atoms with Crippen molar-refractivity contribution in [1.82, 2.24) is 0 Å². The lowest BCUT2D eigenvalue weighted by atomic mass is 9.89. The molecule has 144 valence electrons. The van der Waals surface area contributed by atoms with Gasteiger partial charge < -0.3 is 15.6 Å². The van der Waals surface area contributed by atoms with Crippen LogP contribution in [-0.4, -0.2) is 23.5 Å². The number of hydrogen-bond donors (Lipinski definition) is 2. The van der Waals surface area contributed by atoms with Gasteiger partial charge in [-0.15, -0.1) is 0 Å². The number of nitrogen functional groups attached to an aromatic ring is 1. The van der Waals surface area contributed by atoms with E-state index in [0.717, 1.165) is 25.7 Å². The van der Waals surface area contributed by atoms with Crippen molar-refractivity contribution < 1.29 is 19.4 Å². The predicted octanol–water partition coefficient (Wildman–Crippen LogP) is 4.50. The van der Waals surface area contributed by atoms with Gasteiger partial charge in [-0.05, 0) is 31.4 Å². The maximum Gasteiger partial charge on any atom is 0.338 e. The van der Waals surface area contributed by atoms with Gasteiger partial charge in [-0.3, -0.25) is 4.79 Å². The number of anilines is 1. The number of carbonyl (C=O) groups excluding carboxylic acids is 2. The first-order chi connectivity index (χ1) is 13.0. The Morgan fingerprint density at radius 1 is 1.07 bits per heavy atom. The van der Waals surface area contributed by atoms with Crippen LogP contribution in [0.3, 0.4) is 0 Å². The molecule has 0 radical (unpaired) electrons. The van der Waals surface area contributed by atoms with Crippen LogP contribution in [0.2, 0.25) is 0 Å². The Hall–Kier alpha value is -2.82. The fourth-order valence-corrected chi connectivity index (χ4v) is 3.09. The maximum atomic E-state index is 13.1. The van der Waals surface area contributed by atoms with E-state index in [4.69, 9.17) is 10.5 Å². The molecule has 5 heteroatoms. The molecule has 0 saturated heterocycles. The van der Waals surface area contributed by atoms with Gasteiger partial charge in [0.05, 0.1) is 23.4 Å². The molecule has 0 atom stereocenters. The Morgan fingerprint density at radius 3 is 2.41 bits per heavy atom. The normalized spacial score (nSPS) is 10.6. The zero-order chi connectivity index (χ0) is 19.8. The van der Waals surface area contributed by atoms with Gasteiger partial charge in [0.15, 0.2) is 5.78 Å². The number of phenolic OH excluding ortho intramolecular Hbond substituents is 1. The quantitative estimate of drug-likeness (QED) is 0.223. The highest BCUT2D eigenvalue weighted by Crippen LogP contribution is 2.34. The van der Waals surface area contributed by atoms with E-state index in [1.165, 1.54) is 6.07 Å². The van der Waals surface area contributed by atoms with Crippen LogP contribution in [0.4, 0.5) is 5.69 Å². The molecule has 0 amide bonds. The van der Waals surface area contributed by atoms with Gasteiger partial charge >= 0.3 is 5.97 Å². The largest absolute Gasteiger partial charge is 0.505 e. The number of aromatic hydroxyl groups is 1. The minimum Gasteiger partial charge on any atom is -0.505 e. The van der Waals surface area contributed by atoms with Gasteiger partial charge in [0.2, 0.25) is 0 Å². The van der Waals surface area contributed by atoms with E-state index in [2.05, 4.69) is 6.92 Å². The number of ether oxygens (including phenoxy) is 1. The van der Waals surface area contributed by atoms with E-state index >= 15 is 0 Å². The van der Waals surface area contributed by atoms with Crippen LogP contribution in [0.15, 0.2) is 36.4 Å². The van der Waals surface area contributed by atoms with Crippen molar-refractivity contribution in [1.29, 1.82) is 0 Å². The van der Waals surface area contributed by atoms with Crippen LogP contribution in [0.25, 0.3) is 0 Å². The molecule has 0 spiro atoms. The third-order valence-corrected chi connectivity index (χ3v) is 4.48. The Bertz CT molecular complexity index is 800. The molecule has 2 aromatic carbocycles. The van der Waals surface area contributed by atoms with Crippen LogP contribution in [-0.2, 0) is 11.2 Å². The Kier molecular flexibility index (Phi) is 7.41. The second-order valence-corrected chi connectivity index (χ2v) is 6.44. The number of carbonyl (C=O) groups is 2. The highest BCUT2D eigenvalue weighted by molar-refractivity contribution is 6.14. The second kappa shape index (κ2) is 9.76. The summed E-state index contributed by atoms with van der Waals surface area (Å²) in [6, 6.07) is 10.1. The molecular weight excluding hydrogens is 342 g/mol. The van der Waals surface area contributed by atoms with Crippen molar-refractivity contribution in [3.63, 3.8) is 0 Å². The second-order valence-electron chi connectivity index (χ2n) is 6.44. The van der Waals surface area contributed by atoms with Crippen molar-refractivity contribution in [2.45, 2.75) is 46.0 Å². The molecule has 0 saturated carbocycles. The van der Waals surface area contributed by atoms with Gasteiger partial charge in [0.1, 0.15) is 5.75 Å². The smallest absolute Gasteiger partial charge is 0.338 e. The lowest BCUT2D eigenvalue weighted by Gasteiger charge is -2.17. The standard InChI is InChI=1S/C22H27NO4/c1-3-5-6-10-13-16-17(22(26)27-4-2)14-18(23)21(25)19(16)20(24)15-11-8-7-9-12-15/h7-9,11-12,14,25H,3-6,10,13,23H2,1-2H3. The number of phenols is 1. The number of unbranched alkanes of at least 4 members (excludes halogenated alkanes) is 3. The molecule has 0 aliphatic carbocycles. The lowest BCUT2D eigenvalue weighted by Crippen LogP contribution is -2.15. The first-order valence-electron chi connectivity index (χ1n) is 9.42. The van der Waals surface area contributed by atoms with Gasteiger partial charge in [-0.2, -0.15) is 0 Å². The van der Waals surface area contributed by atoms with E-state index in [1.54, 1.807) is 31.2 Å². The van der Waals surface area contributed by atoms with Crippen LogP contribution < -0.4 is 5.73 Å². The average Bonchev–Trinajstić information content (AvgIpc) is 2.68. The molecule has 0 heterocycles. The fourth-order valence-electron chi connectivity index (χ4n) is 3.09. The zero-order valence-corrected chi connectivity index (χ0v) is 16.0. The summed E-state index contributed by atoms with van der Waals surface area (Å²) in [6.07, 6.45) is 4.42. The van der Waals surface area contributed by atoms with Gasteiger partial charge in [-0.25, -0.2) is 4.79 Å². The number of nitrogens with two attached hydrogens (primary N) is 1. The number of benzene rings is 2. The van der Waals surface area contributed by atoms with Crippen molar-refractivity contribution in [2.75, 3.05) is 12.3 Å². The maximum absolute atomic E-state index is 13.1. The molecule has 0 fully saturated rings. The van der Waals surface area contributed by atoms with Crippen LogP contribution in [0.1, 0.15) is 71.4 Å². The van der Waals surface area contributed by atoms with E-state index in [9.17, 15) is 14.7 Å². The molecule has 0 unspecified atom stereocenters. The molecule has 2 rings (SSSR count). The summed E-state index contributed by atoms with van der Waals surface area (Å²) in [5, 5.41) is 10.6. The third-order valence-electron chi connectivity index (χ3n) is 4.48. The number of rotatable bonds is 9. The van der Waals surface area contributed by atoms with Crippen LogP contribution >= 0.6 is 0 Å². The Labute approximate surface area is 160 Å². The molecule has 0 aliphatic heterocycles. The minimum atomic E-state index is -0.531. The topological polar surface area (TPSA) is 89.6 Å². The van der Waals surface area contributed by atoms with Gasteiger partial charge in [-0.1, -0.05) is 56.5 Å². The summed E-state index contributed by atoms with van der Waals surface area (Å²) in [7, 11) is 0. The molecule has 0 bridgehead atoms. The average molecular weight is 369 g/mol. The summed E-state index contributed by atoms with van der Waals surface area (Å²) in [4.78, 5) is 25.6. The number of ketones is 1. The monoisotopic (exact) mass is 369 g/mol. The minimum absolute atomic E-state index is 0.00496. The lowest BCUT2D eigenvalue weighted by molar-refractivity contribution is 0.0525. The number of hydrogen-bond acceptors (Lipinski definition) is 5. The van der Waals surface area contributed by atoms with Gasteiger partial charge in [0.25, 0.3) is 0 Å². The fraction of sp³-hybridized carbons (Fsp3) is 0.364. The molecule has 5 nitrogen and oxygen atoms in total. The summed E-state index contributed by atoms with van der Waals surface area (Å²) in [5.74, 6) is -1.16. The molecule has 27 heavy (non-hydrogen) atoms. The van der Waals surface area contributed by atoms with Crippen LogP contribution in [0, 0.1) is 0 Å². The molecular formula is C22H27NO4. The zero-order valence-electron chi connectivity index (χ0n) is 16.0. The van der Waals surface area contributed by atoms with E-state index in [-0.39, 0.29) is 35.0 Å². The highest BCUT2D eigenvalue weighted by Gasteiger charge is 2.26. The van der Waals surface area contributed by atoms with E-state index in [1.807, 2.05) is 6.07 Å².